The topological polar surface area (TPSA) is 9.23 Å². The maximum atomic E-state index is 5.76. The second-order valence-electron chi connectivity index (χ2n) is 5.81. The molecule has 1 heteroatoms. The molecule has 1 aromatic carbocycles. The van der Waals surface area contributed by atoms with Gasteiger partial charge in [0, 0.05) is 0 Å². The molecule has 0 saturated heterocycles. The van der Waals surface area contributed by atoms with Crippen molar-refractivity contribution in [2.24, 2.45) is 11.8 Å². The summed E-state index contributed by atoms with van der Waals surface area (Å²) >= 11 is 0. The molecule has 19 heavy (non-hydrogen) atoms. The van der Waals surface area contributed by atoms with E-state index in [0.29, 0.717) is 11.8 Å². The summed E-state index contributed by atoms with van der Waals surface area (Å²) in [6.07, 6.45) is 6.78. The summed E-state index contributed by atoms with van der Waals surface area (Å²) in [7, 11) is 0. The summed E-state index contributed by atoms with van der Waals surface area (Å²) in [4.78, 5) is 0. The van der Waals surface area contributed by atoms with Crippen molar-refractivity contribution >= 4 is 0 Å². The molecule has 0 aliphatic heterocycles. The highest BCUT2D eigenvalue weighted by molar-refractivity contribution is 5.35. The minimum atomic E-state index is 0.569. The normalized spacial score (nSPS) is 13.2. The van der Waals surface area contributed by atoms with Crippen molar-refractivity contribution in [3.05, 3.63) is 41.5 Å². The van der Waals surface area contributed by atoms with Crippen molar-refractivity contribution in [3.63, 3.8) is 0 Å². The first-order chi connectivity index (χ1) is 9.02. The molecule has 1 unspecified atom stereocenters. The van der Waals surface area contributed by atoms with E-state index in [0.717, 1.165) is 25.2 Å². The van der Waals surface area contributed by atoms with E-state index in [1.54, 1.807) is 0 Å². The Morgan fingerprint density at radius 3 is 2.53 bits per heavy atom. The van der Waals surface area contributed by atoms with Gasteiger partial charge in [-0.05, 0) is 54.9 Å². The zero-order chi connectivity index (χ0) is 14.3. The van der Waals surface area contributed by atoms with Crippen LogP contribution in [0.4, 0.5) is 0 Å². The van der Waals surface area contributed by atoms with Gasteiger partial charge in [-0.2, -0.15) is 0 Å². The van der Waals surface area contributed by atoms with Gasteiger partial charge in [-0.1, -0.05) is 45.9 Å². The van der Waals surface area contributed by atoms with E-state index in [1.165, 1.54) is 11.1 Å². The summed E-state index contributed by atoms with van der Waals surface area (Å²) in [5, 5.41) is 0. The van der Waals surface area contributed by atoms with Crippen LogP contribution < -0.4 is 4.74 Å². The summed E-state index contributed by atoms with van der Waals surface area (Å²) in [5.41, 5.74) is 2.75. The Hall–Kier alpha value is -1.24. The van der Waals surface area contributed by atoms with Crippen LogP contribution in [0.5, 0.6) is 5.75 Å². The molecule has 1 rings (SSSR count). The van der Waals surface area contributed by atoms with Gasteiger partial charge < -0.3 is 4.74 Å². The molecule has 0 N–H and O–H groups in total. The molecule has 0 radical (unpaired) electrons. The number of allylic oxidation sites excluding steroid dienone is 2. The molecule has 1 aromatic rings. The van der Waals surface area contributed by atoms with Gasteiger partial charge in [0.25, 0.3) is 0 Å². The van der Waals surface area contributed by atoms with Crippen molar-refractivity contribution in [2.45, 2.75) is 47.5 Å². The minimum absolute atomic E-state index is 0.569. The predicted octanol–water partition coefficient (Wildman–Crippen LogP) is 5.17. The number of aryl methyl sites for hydroxylation is 1. The lowest BCUT2D eigenvalue weighted by atomic mass is 9.97. The number of hydrogen-bond acceptors (Lipinski definition) is 1. The Labute approximate surface area is 118 Å². The molecular weight excluding hydrogens is 232 g/mol. The molecule has 0 aromatic heterocycles. The minimum Gasteiger partial charge on any atom is -0.493 e. The van der Waals surface area contributed by atoms with Gasteiger partial charge in [0.05, 0.1) is 6.61 Å². The van der Waals surface area contributed by atoms with Crippen molar-refractivity contribution < 1.29 is 4.74 Å². The lowest BCUT2D eigenvalue weighted by molar-refractivity contribution is 0.271. The smallest absolute Gasteiger partial charge is 0.119 e. The number of rotatable bonds is 7. The zero-order valence-corrected chi connectivity index (χ0v) is 13.1. The molecule has 1 atom stereocenters. The summed E-state index contributed by atoms with van der Waals surface area (Å²) in [5.74, 6) is 2.16. The van der Waals surface area contributed by atoms with Gasteiger partial charge in [-0.15, -0.1) is 0 Å². The molecule has 1 nitrogen and oxygen atoms in total. The van der Waals surface area contributed by atoms with Crippen molar-refractivity contribution in [2.75, 3.05) is 6.61 Å². The highest BCUT2D eigenvalue weighted by Gasteiger charge is 2.05. The van der Waals surface area contributed by atoms with Crippen LogP contribution in [-0.4, -0.2) is 6.61 Å². The largest absolute Gasteiger partial charge is 0.493 e. The Balaban J connectivity index is 2.64. The number of benzene rings is 1. The molecule has 0 bridgehead atoms. The molecule has 0 fully saturated rings. The fourth-order valence-electron chi connectivity index (χ4n) is 2.03. The zero-order valence-electron chi connectivity index (χ0n) is 13.1. The molecule has 0 heterocycles. The third-order valence-corrected chi connectivity index (χ3v) is 3.14. The Morgan fingerprint density at radius 2 is 1.95 bits per heavy atom. The third kappa shape index (κ3) is 5.96. The molecule has 0 saturated carbocycles. The Kier molecular flexibility index (Phi) is 6.69. The van der Waals surface area contributed by atoms with E-state index >= 15 is 0 Å². The Morgan fingerprint density at radius 1 is 1.21 bits per heavy atom. The van der Waals surface area contributed by atoms with Crippen LogP contribution in [0, 0.1) is 18.8 Å². The first-order valence-electron chi connectivity index (χ1n) is 7.41. The summed E-state index contributed by atoms with van der Waals surface area (Å²) in [6, 6.07) is 6.47. The fraction of sp³-hybridized carbons (Fsp3) is 0.556. The van der Waals surface area contributed by atoms with Crippen molar-refractivity contribution in [1.82, 2.24) is 0 Å². The second kappa shape index (κ2) is 8.04. The maximum absolute atomic E-state index is 5.76. The molecule has 0 amide bonds. The molecule has 0 spiro atoms. The van der Waals surface area contributed by atoms with Crippen LogP contribution in [0.3, 0.4) is 0 Å². The quantitative estimate of drug-likeness (QED) is 0.614. The average Bonchev–Trinajstić information content (AvgIpc) is 2.36. The number of hydrogen-bond donors (Lipinski definition) is 0. The van der Waals surface area contributed by atoms with Gasteiger partial charge in [-0.25, -0.2) is 0 Å². The summed E-state index contributed by atoms with van der Waals surface area (Å²) in [6.45, 7) is 11.7. The van der Waals surface area contributed by atoms with E-state index in [4.69, 9.17) is 4.74 Å². The van der Waals surface area contributed by atoms with Crippen LogP contribution in [0.2, 0.25) is 0 Å². The molecular formula is C18H28O. The van der Waals surface area contributed by atoms with Gasteiger partial charge >= 0.3 is 0 Å². The second-order valence-corrected chi connectivity index (χ2v) is 5.81. The lowest BCUT2D eigenvalue weighted by Gasteiger charge is -2.13. The monoisotopic (exact) mass is 260 g/mol. The van der Waals surface area contributed by atoms with Gasteiger partial charge in [-0.3, -0.25) is 0 Å². The molecule has 0 aliphatic rings. The average molecular weight is 260 g/mol. The highest BCUT2D eigenvalue weighted by Crippen LogP contribution is 2.21. The SMILES string of the molecule is CC/C=C\C(C)Cc1ccc(OCC(C)C)cc1C. The summed E-state index contributed by atoms with van der Waals surface area (Å²) < 4.78 is 5.76. The van der Waals surface area contributed by atoms with Crippen molar-refractivity contribution in [1.29, 1.82) is 0 Å². The standard InChI is InChI=1S/C18H28O/c1-6-7-8-15(4)11-17-9-10-18(12-16(17)5)19-13-14(2)3/h7-10,12,14-15H,6,11,13H2,1-5H3/b8-7-. The van der Waals surface area contributed by atoms with E-state index in [-0.39, 0.29) is 0 Å². The maximum Gasteiger partial charge on any atom is 0.119 e. The predicted molar refractivity (Wildman–Crippen MR) is 83.8 cm³/mol. The van der Waals surface area contributed by atoms with Gasteiger partial charge in [0.15, 0.2) is 0 Å². The van der Waals surface area contributed by atoms with E-state index in [9.17, 15) is 0 Å². The van der Waals surface area contributed by atoms with Gasteiger partial charge in [0.1, 0.15) is 5.75 Å². The third-order valence-electron chi connectivity index (χ3n) is 3.14. The molecule has 0 aliphatic carbocycles. The first kappa shape index (κ1) is 15.8. The number of ether oxygens (including phenoxy) is 1. The highest BCUT2D eigenvalue weighted by atomic mass is 16.5. The molecule has 106 valence electrons. The van der Waals surface area contributed by atoms with Crippen molar-refractivity contribution in [3.8, 4) is 5.75 Å². The van der Waals surface area contributed by atoms with Gasteiger partial charge in [0.2, 0.25) is 0 Å². The van der Waals surface area contributed by atoms with Crippen LogP contribution in [0.1, 0.15) is 45.2 Å². The lowest BCUT2D eigenvalue weighted by Crippen LogP contribution is -2.05. The van der Waals surface area contributed by atoms with E-state index in [1.807, 2.05) is 0 Å². The van der Waals surface area contributed by atoms with Crippen LogP contribution in [-0.2, 0) is 6.42 Å². The van der Waals surface area contributed by atoms with E-state index < -0.39 is 0 Å². The van der Waals surface area contributed by atoms with Crippen LogP contribution in [0.25, 0.3) is 0 Å². The first-order valence-corrected chi connectivity index (χ1v) is 7.41. The van der Waals surface area contributed by atoms with E-state index in [2.05, 4.69) is 65.0 Å². The fourth-order valence-corrected chi connectivity index (χ4v) is 2.03. The van der Waals surface area contributed by atoms with Crippen LogP contribution >= 0.6 is 0 Å². The Bertz CT molecular complexity index is 404. The van der Waals surface area contributed by atoms with Crippen LogP contribution in [0.15, 0.2) is 30.4 Å².